The SMILES string of the molecule is CCc1ccc(Cn2ccc(=O)n(CCN)c2=O)s1. The van der Waals surface area contributed by atoms with E-state index in [1.54, 1.807) is 22.1 Å². The zero-order chi connectivity index (χ0) is 13.8. The van der Waals surface area contributed by atoms with Gasteiger partial charge >= 0.3 is 5.69 Å². The van der Waals surface area contributed by atoms with Crippen LogP contribution in [0.5, 0.6) is 0 Å². The third-order valence-corrected chi connectivity index (χ3v) is 4.10. The van der Waals surface area contributed by atoms with Gasteiger partial charge in [0, 0.05) is 35.1 Å². The van der Waals surface area contributed by atoms with E-state index in [1.165, 1.54) is 15.5 Å². The van der Waals surface area contributed by atoms with Crippen molar-refractivity contribution in [2.75, 3.05) is 6.54 Å². The Morgan fingerprint density at radius 2 is 1.95 bits per heavy atom. The van der Waals surface area contributed by atoms with Gasteiger partial charge in [0.25, 0.3) is 5.56 Å². The minimum atomic E-state index is -0.301. The van der Waals surface area contributed by atoms with Crippen LogP contribution in [0.25, 0.3) is 0 Å². The molecule has 2 rings (SSSR count). The zero-order valence-electron chi connectivity index (χ0n) is 10.8. The first-order valence-corrected chi connectivity index (χ1v) is 7.05. The lowest BCUT2D eigenvalue weighted by atomic mass is 10.3. The smallest absolute Gasteiger partial charge is 0.329 e. The van der Waals surface area contributed by atoms with Gasteiger partial charge in [-0.2, -0.15) is 0 Å². The van der Waals surface area contributed by atoms with E-state index in [2.05, 4.69) is 13.0 Å². The molecule has 0 spiro atoms. The van der Waals surface area contributed by atoms with Crippen LogP contribution in [-0.4, -0.2) is 15.7 Å². The average molecular weight is 279 g/mol. The van der Waals surface area contributed by atoms with Crippen LogP contribution in [0.3, 0.4) is 0 Å². The summed E-state index contributed by atoms with van der Waals surface area (Å²) in [6.07, 6.45) is 2.54. The molecular weight excluding hydrogens is 262 g/mol. The van der Waals surface area contributed by atoms with Gasteiger partial charge in [-0.25, -0.2) is 4.79 Å². The van der Waals surface area contributed by atoms with Crippen molar-refractivity contribution in [3.63, 3.8) is 0 Å². The fourth-order valence-corrected chi connectivity index (χ4v) is 2.83. The number of nitrogens with zero attached hydrogens (tertiary/aromatic N) is 2. The first-order chi connectivity index (χ1) is 9.15. The van der Waals surface area contributed by atoms with Crippen molar-refractivity contribution in [3.05, 3.63) is 55.0 Å². The molecule has 0 saturated carbocycles. The van der Waals surface area contributed by atoms with Gasteiger partial charge in [-0.05, 0) is 18.6 Å². The lowest BCUT2D eigenvalue weighted by Gasteiger charge is -2.07. The molecule has 0 bridgehead atoms. The molecule has 5 nitrogen and oxygen atoms in total. The van der Waals surface area contributed by atoms with E-state index in [9.17, 15) is 9.59 Å². The van der Waals surface area contributed by atoms with Gasteiger partial charge < -0.3 is 5.73 Å². The molecule has 2 N–H and O–H groups in total. The number of rotatable bonds is 5. The molecule has 102 valence electrons. The monoisotopic (exact) mass is 279 g/mol. The lowest BCUT2D eigenvalue weighted by molar-refractivity contribution is 0.581. The number of hydrogen-bond donors (Lipinski definition) is 1. The molecule has 0 aliphatic rings. The van der Waals surface area contributed by atoms with E-state index >= 15 is 0 Å². The van der Waals surface area contributed by atoms with E-state index in [0.29, 0.717) is 6.54 Å². The fraction of sp³-hybridized carbons (Fsp3) is 0.385. The van der Waals surface area contributed by atoms with Crippen molar-refractivity contribution in [3.8, 4) is 0 Å². The first-order valence-electron chi connectivity index (χ1n) is 6.23. The molecule has 0 amide bonds. The van der Waals surface area contributed by atoms with Crippen LogP contribution in [0.15, 0.2) is 34.0 Å². The summed E-state index contributed by atoms with van der Waals surface area (Å²) in [4.78, 5) is 26.1. The van der Waals surface area contributed by atoms with Crippen LogP contribution in [0.1, 0.15) is 16.7 Å². The molecule has 0 aliphatic carbocycles. The van der Waals surface area contributed by atoms with Crippen LogP contribution in [0, 0.1) is 0 Å². The van der Waals surface area contributed by atoms with Gasteiger partial charge in [-0.15, -0.1) is 11.3 Å². The van der Waals surface area contributed by atoms with Crippen molar-refractivity contribution in [2.24, 2.45) is 5.73 Å². The second kappa shape index (κ2) is 5.99. The van der Waals surface area contributed by atoms with E-state index in [1.807, 2.05) is 6.07 Å². The van der Waals surface area contributed by atoms with Crippen molar-refractivity contribution in [2.45, 2.75) is 26.4 Å². The summed E-state index contributed by atoms with van der Waals surface area (Å²) in [5.74, 6) is 0. The quantitative estimate of drug-likeness (QED) is 0.873. The summed E-state index contributed by atoms with van der Waals surface area (Å²) in [7, 11) is 0. The maximum Gasteiger partial charge on any atom is 0.331 e. The lowest BCUT2D eigenvalue weighted by Crippen LogP contribution is -2.40. The standard InChI is InChI=1S/C13H17N3O2S/c1-2-10-3-4-11(19-10)9-15-7-5-12(17)16(8-6-14)13(15)18/h3-5,7H,2,6,8-9,14H2,1H3. The van der Waals surface area contributed by atoms with Crippen LogP contribution < -0.4 is 17.0 Å². The van der Waals surface area contributed by atoms with E-state index < -0.39 is 0 Å². The van der Waals surface area contributed by atoms with E-state index in [0.717, 1.165) is 11.3 Å². The number of nitrogens with two attached hydrogens (primary N) is 1. The average Bonchev–Trinajstić information content (AvgIpc) is 2.86. The van der Waals surface area contributed by atoms with Crippen LogP contribution in [0.4, 0.5) is 0 Å². The molecule has 19 heavy (non-hydrogen) atoms. The zero-order valence-corrected chi connectivity index (χ0v) is 11.7. The van der Waals surface area contributed by atoms with Crippen LogP contribution >= 0.6 is 11.3 Å². The molecule has 2 heterocycles. The van der Waals surface area contributed by atoms with Crippen molar-refractivity contribution in [1.29, 1.82) is 0 Å². The van der Waals surface area contributed by atoms with Crippen LogP contribution in [0.2, 0.25) is 0 Å². The normalized spacial score (nSPS) is 10.8. The topological polar surface area (TPSA) is 70.0 Å². The molecule has 0 atom stereocenters. The highest BCUT2D eigenvalue weighted by Crippen LogP contribution is 2.17. The summed E-state index contributed by atoms with van der Waals surface area (Å²) in [5.41, 5.74) is 4.82. The molecule has 2 aromatic heterocycles. The van der Waals surface area contributed by atoms with Gasteiger partial charge in [0.05, 0.1) is 6.54 Å². The maximum absolute atomic E-state index is 12.1. The minimum Gasteiger partial charge on any atom is -0.329 e. The first kappa shape index (κ1) is 13.8. The molecule has 2 aromatic rings. The summed E-state index contributed by atoms with van der Waals surface area (Å²) < 4.78 is 2.72. The molecule has 0 fully saturated rings. The molecule has 0 radical (unpaired) electrons. The Morgan fingerprint density at radius 3 is 2.58 bits per heavy atom. The Balaban J connectivity index is 2.33. The Hall–Kier alpha value is -1.66. The molecular formula is C13H17N3O2S. The summed E-state index contributed by atoms with van der Waals surface area (Å²) in [5, 5.41) is 0. The van der Waals surface area contributed by atoms with Gasteiger partial charge in [0.15, 0.2) is 0 Å². The Morgan fingerprint density at radius 1 is 1.21 bits per heavy atom. The van der Waals surface area contributed by atoms with Crippen molar-refractivity contribution >= 4 is 11.3 Å². The number of aryl methyl sites for hydroxylation is 1. The summed E-state index contributed by atoms with van der Waals surface area (Å²) in [6.45, 7) is 3.12. The Kier molecular flexibility index (Phi) is 4.34. The van der Waals surface area contributed by atoms with Gasteiger partial charge in [-0.1, -0.05) is 6.92 Å². The third-order valence-electron chi connectivity index (χ3n) is 2.88. The molecule has 0 saturated heterocycles. The van der Waals surface area contributed by atoms with Crippen molar-refractivity contribution < 1.29 is 0 Å². The number of thiophene rings is 1. The predicted octanol–water partition coefficient (Wildman–Crippen LogP) is 0.641. The Bertz CT molecular complexity index is 669. The highest BCUT2D eigenvalue weighted by Gasteiger charge is 2.06. The second-order valence-corrected chi connectivity index (χ2v) is 5.48. The van der Waals surface area contributed by atoms with E-state index in [-0.39, 0.29) is 24.3 Å². The molecule has 0 aliphatic heterocycles. The highest BCUT2D eigenvalue weighted by molar-refractivity contribution is 7.11. The van der Waals surface area contributed by atoms with Crippen molar-refractivity contribution in [1.82, 2.24) is 9.13 Å². The minimum absolute atomic E-state index is 0.253. The largest absolute Gasteiger partial charge is 0.331 e. The predicted molar refractivity (Wildman–Crippen MR) is 76.8 cm³/mol. The van der Waals surface area contributed by atoms with Gasteiger partial charge in [0.1, 0.15) is 0 Å². The maximum atomic E-state index is 12.1. The molecule has 0 unspecified atom stereocenters. The number of aromatic nitrogens is 2. The summed E-state index contributed by atoms with van der Waals surface area (Å²) >= 11 is 1.69. The highest BCUT2D eigenvalue weighted by atomic mass is 32.1. The summed E-state index contributed by atoms with van der Waals surface area (Å²) in [6, 6.07) is 5.50. The molecule has 6 heteroatoms. The third kappa shape index (κ3) is 3.02. The second-order valence-electron chi connectivity index (χ2n) is 4.23. The van der Waals surface area contributed by atoms with Gasteiger partial charge in [0.2, 0.25) is 0 Å². The number of hydrogen-bond acceptors (Lipinski definition) is 4. The fourth-order valence-electron chi connectivity index (χ4n) is 1.88. The van der Waals surface area contributed by atoms with Gasteiger partial charge in [-0.3, -0.25) is 13.9 Å². The van der Waals surface area contributed by atoms with Crippen LogP contribution in [-0.2, 0) is 19.5 Å². The Labute approximate surface area is 114 Å². The van der Waals surface area contributed by atoms with E-state index in [4.69, 9.17) is 5.73 Å². The molecule has 0 aromatic carbocycles.